The first-order valence-electron chi connectivity index (χ1n) is 8.43. The van der Waals surface area contributed by atoms with E-state index >= 15 is 0 Å². The molecule has 0 aliphatic carbocycles. The van der Waals surface area contributed by atoms with Crippen LogP contribution in [0.2, 0.25) is 0 Å². The van der Waals surface area contributed by atoms with E-state index in [-0.39, 0.29) is 17.8 Å². The summed E-state index contributed by atoms with van der Waals surface area (Å²) >= 11 is 0. The predicted octanol–water partition coefficient (Wildman–Crippen LogP) is 4.24. The topological polar surface area (TPSA) is 71.3 Å². The van der Waals surface area contributed by atoms with Crippen LogP contribution in [0.25, 0.3) is 11.4 Å². The van der Waals surface area contributed by atoms with Crippen molar-refractivity contribution in [2.75, 3.05) is 11.9 Å². The molecule has 1 saturated heterocycles. The zero-order valence-electron chi connectivity index (χ0n) is 13.9. The van der Waals surface area contributed by atoms with Gasteiger partial charge in [0.2, 0.25) is 11.7 Å². The van der Waals surface area contributed by atoms with Crippen LogP contribution in [0.15, 0.2) is 59.1 Å². The van der Waals surface area contributed by atoms with Gasteiger partial charge in [-0.2, -0.15) is 4.98 Å². The Labute approximate surface area is 149 Å². The van der Waals surface area contributed by atoms with E-state index in [9.17, 15) is 9.18 Å². The van der Waals surface area contributed by atoms with Crippen LogP contribution in [0.3, 0.4) is 0 Å². The van der Waals surface area contributed by atoms with Crippen molar-refractivity contribution < 1.29 is 13.7 Å². The molecule has 0 saturated carbocycles. The summed E-state index contributed by atoms with van der Waals surface area (Å²) in [6, 6.07) is 14.9. The number of para-hydroxylation sites is 1. The van der Waals surface area contributed by atoms with Crippen LogP contribution in [0.4, 0.5) is 14.9 Å². The van der Waals surface area contributed by atoms with Gasteiger partial charge in [0.1, 0.15) is 11.9 Å². The number of amides is 2. The Morgan fingerprint density at radius 2 is 1.92 bits per heavy atom. The van der Waals surface area contributed by atoms with Crippen molar-refractivity contribution in [3.8, 4) is 11.4 Å². The van der Waals surface area contributed by atoms with E-state index in [1.807, 2.05) is 30.3 Å². The van der Waals surface area contributed by atoms with Crippen LogP contribution in [-0.4, -0.2) is 27.6 Å². The van der Waals surface area contributed by atoms with E-state index in [0.29, 0.717) is 18.3 Å². The highest BCUT2D eigenvalue weighted by atomic mass is 19.1. The fourth-order valence-electron chi connectivity index (χ4n) is 3.09. The predicted molar refractivity (Wildman–Crippen MR) is 93.8 cm³/mol. The van der Waals surface area contributed by atoms with E-state index in [1.165, 1.54) is 12.1 Å². The summed E-state index contributed by atoms with van der Waals surface area (Å²) in [4.78, 5) is 18.6. The molecule has 0 bridgehead atoms. The number of hydrogen-bond acceptors (Lipinski definition) is 4. The lowest BCUT2D eigenvalue weighted by molar-refractivity contribution is 0.193. The molecular formula is C19H17FN4O2. The SMILES string of the molecule is O=C(Nc1ccccc1F)N1CCC[C@H]1c1nc(-c2ccccc2)no1. The van der Waals surface area contributed by atoms with Crippen molar-refractivity contribution in [1.29, 1.82) is 0 Å². The molecule has 2 heterocycles. The fraction of sp³-hybridized carbons (Fsp3) is 0.211. The zero-order chi connectivity index (χ0) is 17.9. The molecule has 1 aliphatic rings. The average Bonchev–Trinajstić information content (AvgIpc) is 3.33. The van der Waals surface area contributed by atoms with Gasteiger partial charge in [0.15, 0.2) is 0 Å². The van der Waals surface area contributed by atoms with Crippen LogP contribution in [0, 0.1) is 5.82 Å². The van der Waals surface area contributed by atoms with Gasteiger partial charge in [-0.05, 0) is 25.0 Å². The second-order valence-electron chi connectivity index (χ2n) is 6.08. The van der Waals surface area contributed by atoms with Gasteiger partial charge < -0.3 is 14.7 Å². The lowest BCUT2D eigenvalue weighted by Crippen LogP contribution is -2.34. The number of nitrogens with zero attached hydrogens (tertiary/aromatic N) is 3. The third-order valence-electron chi connectivity index (χ3n) is 4.39. The molecule has 6 nitrogen and oxygen atoms in total. The molecular weight excluding hydrogens is 335 g/mol. The molecule has 2 amide bonds. The van der Waals surface area contributed by atoms with Crippen LogP contribution in [0.5, 0.6) is 0 Å². The normalized spacial score (nSPS) is 16.7. The number of likely N-dealkylation sites (tertiary alicyclic amines) is 1. The second-order valence-corrected chi connectivity index (χ2v) is 6.08. The van der Waals surface area contributed by atoms with Gasteiger partial charge in [0.05, 0.1) is 5.69 Å². The van der Waals surface area contributed by atoms with E-state index in [0.717, 1.165) is 18.4 Å². The Bertz CT molecular complexity index is 913. The molecule has 132 valence electrons. The third kappa shape index (κ3) is 3.15. The highest BCUT2D eigenvalue weighted by molar-refractivity contribution is 5.89. The van der Waals surface area contributed by atoms with Gasteiger partial charge in [-0.25, -0.2) is 9.18 Å². The van der Waals surface area contributed by atoms with Crippen molar-refractivity contribution in [2.24, 2.45) is 0 Å². The van der Waals surface area contributed by atoms with Gasteiger partial charge in [0.25, 0.3) is 0 Å². The van der Waals surface area contributed by atoms with Crippen molar-refractivity contribution >= 4 is 11.7 Å². The average molecular weight is 352 g/mol. The Morgan fingerprint density at radius 1 is 1.15 bits per heavy atom. The van der Waals surface area contributed by atoms with E-state index < -0.39 is 5.82 Å². The number of aromatic nitrogens is 2. The molecule has 1 fully saturated rings. The molecule has 3 aromatic rings. The second kappa shape index (κ2) is 6.95. The Kier molecular flexibility index (Phi) is 4.35. The summed E-state index contributed by atoms with van der Waals surface area (Å²) in [5.74, 6) is 0.410. The summed E-state index contributed by atoms with van der Waals surface area (Å²) in [6.45, 7) is 0.550. The molecule has 4 rings (SSSR count). The number of rotatable bonds is 3. The third-order valence-corrected chi connectivity index (χ3v) is 4.39. The molecule has 1 N–H and O–H groups in total. The minimum atomic E-state index is -0.472. The summed E-state index contributed by atoms with van der Waals surface area (Å²) in [5.41, 5.74) is 1.00. The first-order valence-corrected chi connectivity index (χ1v) is 8.43. The van der Waals surface area contributed by atoms with Crippen molar-refractivity contribution in [2.45, 2.75) is 18.9 Å². The first-order chi connectivity index (χ1) is 12.7. The highest BCUT2D eigenvalue weighted by Crippen LogP contribution is 2.32. The maximum atomic E-state index is 13.8. The van der Waals surface area contributed by atoms with Gasteiger partial charge >= 0.3 is 6.03 Å². The molecule has 1 aromatic heterocycles. The maximum Gasteiger partial charge on any atom is 0.322 e. The summed E-state index contributed by atoms with van der Waals surface area (Å²) in [7, 11) is 0. The minimum absolute atomic E-state index is 0.152. The molecule has 0 unspecified atom stereocenters. The standard InChI is InChI=1S/C19H17FN4O2/c20-14-9-4-5-10-15(14)21-19(25)24-12-6-11-16(24)18-22-17(23-26-18)13-7-2-1-3-8-13/h1-5,7-10,16H,6,11-12H2,(H,21,25)/t16-/m0/s1. The number of anilines is 1. The van der Waals surface area contributed by atoms with Gasteiger partial charge in [-0.15, -0.1) is 0 Å². The first kappa shape index (κ1) is 16.3. The number of nitrogens with one attached hydrogen (secondary N) is 1. The largest absolute Gasteiger partial charge is 0.337 e. The number of halogens is 1. The monoisotopic (exact) mass is 352 g/mol. The van der Waals surface area contributed by atoms with E-state index in [4.69, 9.17) is 4.52 Å². The summed E-state index contributed by atoms with van der Waals surface area (Å²) in [6.07, 6.45) is 1.54. The lowest BCUT2D eigenvalue weighted by atomic mass is 10.2. The zero-order valence-corrected chi connectivity index (χ0v) is 13.9. The molecule has 26 heavy (non-hydrogen) atoms. The van der Waals surface area contributed by atoms with Crippen molar-refractivity contribution in [1.82, 2.24) is 15.0 Å². The Morgan fingerprint density at radius 3 is 2.73 bits per heavy atom. The van der Waals surface area contributed by atoms with Gasteiger partial charge in [-0.1, -0.05) is 47.6 Å². The van der Waals surface area contributed by atoms with Crippen LogP contribution < -0.4 is 5.32 Å². The maximum absolute atomic E-state index is 13.8. The van der Waals surface area contributed by atoms with E-state index in [1.54, 1.807) is 17.0 Å². The van der Waals surface area contributed by atoms with Gasteiger partial charge in [0, 0.05) is 12.1 Å². The molecule has 0 radical (unpaired) electrons. The van der Waals surface area contributed by atoms with Crippen molar-refractivity contribution in [3.63, 3.8) is 0 Å². The molecule has 2 aromatic carbocycles. The molecule has 1 atom stereocenters. The van der Waals surface area contributed by atoms with E-state index in [2.05, 4.69) is 15.5 Å². The smallest absolute Gasteiger partial charge is 0.322 e. The molecule has 0 spiro atoms. The number of hydrogen-bond donors (Lipinski definition) is 1. The van der Waals surface area contributed by atoms with Gasteiger partial charge in [-0.3, -0.25) is 0 Å². The lowest BCUT2D eigenvalue weighted by Gasteiger charge is -2.22. The quantitative estimate of drug-likeness (QED) is 0.765. The Hall–Kier alpha value is -3.22. The van der Waals surface area contributed by atoms with Crippen LogP contribution in [-0.2, 0) is 0 Å². The summed E-state index contributed by atoms with van der Waals surface area (Å²) < 4.78 is 19.2. The highest BCUT2D eigenvalue weighted by Gasteiger charge is 2.34. The minimum Gasteiger partial charge on any atom is -0.337 e. The summed E-state index contributed by atoms with van der Waals surface area (Å²) in [5, 5.41) is 6.63. The number of urea groups is 1. The van der Waals surface area contributed by atoms with Crippen LogP contribution >= 0.6 is 0 Å². The Balaban J connectivity index is 1.53. The molecule has 1 aliphatic heterocycles. The number of carbonyl (C=O) groups excluding carboxylic acids is 1. The fourth-order valence-corrected chi connectivity index (χ4v) is 3.09. The number of carbonyl (C=O) groups is 1. The molecule has 7 heteroatoms. The number of benzene rings is 2. The van der Waals surface area contributed by atoms with Crippen molar-refractivity contribution in [3.05, 3.63) is 66.3 Å². The van der Waals surface area contributed by atoms with Crippen LogP contribution in [0.1, 0.15) is 24.8 Å².